The van der Waals surface area contributed by atoms with Crippen LogP contribution in [0.3, 0.4) is 0 Å². The van der Waals surface area contributed by atoms with Crippen molar-refractivity contribution in [2.45, 2.75) is 32.9 Å². The Bertz CT molecular complexity index is 687. The minimum Gasteiger partial charge on any atom is -0.338 e. The van der Waals surface area contributed by atoms with E-state index in [1.165, 1.54) is 10.4 Å². The summed E-state index contributed by atoms with van der Waals surface area (Å²) in [5.41, 5.74) is 1.84. The number of carbonyl (C=O) groups is 1. The second-order valence-electron chi connectivity index (χ2n) is 5.01. The first-order valence-corrected chi connectivity index (χ1v) is 7.98. The average Bonchev–Trinajstić information content (AvgIpc) is 2.85. The summed E-state index contributed by atoms with van der Waals surface area (Å²) in [5, 5.41) is 5.14. The topological polar surface area (TPSA) is 58.1 Å². The Morgan fingerprint density at radius 3 is 3.00 bits per heavy atom. The third-order valence-corrected chi connectivity index (χ3v) is 4.67. The quantitative estimate of drug-likeness (QED) is 0.881. The summed E-state index contributed by atoms with van der Waals surface area (Å²) < 4.78 is 0. The largest absolute Gasteiger partial charge is 0.338 e. The fourth-order valence-electron chi connectivity index (χ4n) is 2.50. The Morgan fingerprint density at radius 2 is 2.33 bits per heavy atom. The van der Waals surface area contributed by atoms with Crippen molar-refractivity contribution in [3.8, 4) is 0 Å². The van der Waals surface area contributed by atoms with Crippen molar-refractivity contribution in [2.24, 2.45) is 0 Å². The normalized spacial score (nSPS) is 17.6. The van der Waals surface area contributed by atoms with Crippen LogP contribution in [0.4, 0.5) is 11.5 Å². The zero-order chi connectivity index (χ0) is 15.0. The molecule has 0 spiro atoms. The molecule has 2 aromatic heterocycles. The Labute approximate surface area is 132 Å². The van der Waals surface area contributed by atoms with Gasteiger partial charge in [-0.15, -0.1) is 11.3 Å². The van der Waals surface area contributed by atoms with Crippen molar-refractivity contribution < 1.29 is 4.79 Å². The van der Waals surface area contributed by atoms with Crippen LogP contribution >= 0.6 is 22.9 Å². The molecule has 1 amide bonds. The Morgan fingerprint density at radius 1 is 1.52 bits per heavy atom. The summed E-state index contributed by atoms with van der Waals surface area (Å²) in [6.07, 6.45) is 2.26. The molecule has 110 valence electrons. The van der Waals surface area contributed by atoms with Gasteiger partial charge in [0.1, 0.15) is 11.7 Å². The van der Waals surface area contributed by atoms with Gasteiger partial charge in [0.15, 0.2) is 5.82 Å². The summed E-state index contributed by atoms with van der Waals surface area (Å²) in [6, 6.07) is 1.89. The minimum atomic E-state index is -0.245. The number of carbonyl (C=O) groups excluding carboxylic acids is 1. The smallest absolute Gasteiger partial charge is 0.247 e. The third-order valence-electron chi connectivity index (χ3n) is 3.45. The van der Waals surface area contributed by atoms with Gasteiger partial charge in [-0.05, 0) is 42.0 Å². The summed E-state index contributed by atoms with van der Waals surface area (Å²) in [6.45, 7) is 4.70. The number of hydrogen-bond donors (Lipinski definition) is 1. The van der Waals surface area contributed by atoms with Crippen molar-refractivity contribution in [3.63, 3.8) is 0 Å². The summed E-state index contributed by atoms with van der Waals surface area (Å²) in [5.74, 6) is 0.664. The molecule has 1 aliphatic rings. The number of hydrogen-bond acceptors (Lipinski definition) is 5. The number of thiophene rings is 1. The van der Waals surface area contributed by atoms with E-state index in [0.717, 1.165) is 0 Å². The molecule has 0 aliphatic carbocycles. The number of fused-ring (bicyclic) bond motifs is 1. The van der Waals surface area contributed by atoms with Gasteiger partial charge >= 0.3 is 0 Å². The first kappa shape index (κ1) is 14.3. The van der Waals surface area contributed by atoms with Gasteiger partial charge in [0.05, 0.1) is 12.7 Å². The first-order chi connectivity index (χ1) is 10.1. The second-order valence-corrected chi connectivity index (χ2v) is 6.34. The van der Waals surface area contributed by atoms with Crippen molar-refractivity contribution in [3.05, 3.63) is 33.4 Å². The molecule has 0 aromatic carbocycles. The maximum absolute atomic E-state index is 12.2. The molecule has 7 heteroatoms. The number of amides is 1. The van der Waals surface area contributed by atoms with Crippen molar-refractivity contribution in [2.75, 3.05) is 10.2 Å². The summed E-state index contributed by atoms with van der Waals surface area (Å²) in [7, 11) is 0. The van der Waals surface area contributed by atoms with Crippen LogP contribution in [0.25, 0.3) is 0 Å². The van der Waals surface area contributed by atoms with Crippen LogP contribution in [0.5, 0.6) is 0 Å². The average molecular weight is 323 g/mol. The fraction of sp³-hybridized carbons (Fsp3) is 0.357. The minimum absolute atomic E-state index is 0.0239. The first-order valence-electron chi connectivity index (χ1n) is 6.72. The molecule has 0 unspecified atom stereocenters. The fourth-order valence-corrected chi connectivity index (χ4v) is 3.50. The lowest BCUT2D eigenvalue weighted by Crippen LogP contribution is -2.47. The lowest BCUT2D eigenvalue weighted by atomic mass is 10.1. The van der Waals surface area contributed by atoms with Crippen LogP contribution in [0.1, 0.15) is 23.8 Å². The number of aryl methyl sites for hydroxylation is 1. The van der Waals surface area contributed by atoms with Crippen molar-refractivity contribution in [1.82, 2.24) is 9.97 Å². The number of aromatic nitrogens is 2. The van der Waals surface area contributed by atoms with E-state index in [2.05, 4.69) is 33.7 Å². The highest BCUT2D eigenvalue weighted by molar-refractivity contribution is 7.10. The number of rotatable bonds is 3. The molecule has 0 radical (unpaired) electrons. The van der Waals surface area contributed by atoms with Crippen molar-refractivity contribution >= 4 is 40.4 Å². The highest BCUT2D eigenvalue weighted by Crippen LogP contribution is 2.33. The van der Waals surface area contributed by atoms with Crippen LogP contribution in [-0.4, -0.2) is 21.9 Å². The zero-order valence-electron chi connectivity index (χ0n) is 11.8. The van der Waals surface area contributed by atoms with Crippen LogP contribution in [-0.2, 0) is 11.3 Å². The predicted octanol–water partition coefficient (Wildman–Crippen LogP) is 3.24. The molecule has 3 rings (SSSR count). The van der Waals surface area contributed by atoms with Gasteiger partial charge in [-0.1, -0.05) is 6.92 Å². The van der Waals surface area contributed by atoms with E-state index < -0.39 is 0 Å². The van der Waals surface area contributed by atoms with Crippen LogP contribution in [0, 0.1) is 6.92 Å². The lowest BCUT2D eigenvalue weighted by molar-refractivity contribution is -0.117. The number of anilines is 2. The standard InChI is InChI=1S/C14H15ClN4OS/c1-3-11-13(20)17-10-5-16-14(15)18-12(10)19(11)6-9-4-8(2)7-21-9/h4-5,7,11H,3,6H2,1-2H3,(H,17,20)/t11-/m1/s1. The van der Waals surface area contributed by atoms with Gasteiger partial charge in [-0.3, -0.25) is 4.79 Å². The van der Waals surface area contributed by atoms with E-state index in [9.17, 15) is 4.79 Å². The van der Waals surface area contributed by atoms with Gasteiger partial charge in [-0.25, -0.2) is 4.98 Å². The Hall–Kier alpha value is -1.66. The van der Waals surface area contributed by atoms with Crippen molar-refractivity contribution in [1.29, 1.82) is 0 Å². The van der Waals surface area contributed by atoms with Crippen LogP contribution in [0.15, 0.2) is 17.6 Å². The van der Waals surface area contributed by atoms with E-state index in [4.69, 9.17) is 11.6 Å². The monoisotopic (exact) mass is 322 g/mol. The van der Waals surface area contributed by atoms with E-state index in [0.29, 0.717) is 24.5 Å². The van der Waals surface area contributed by atoms with Gasteiger partial charge < -0.3 is 10.2 Å². The SMILES string of the molecule is CC[C@@H]1C(=O)Nc2cnc(Cl)nc2N1Cc1cc(C)cs1. The molecular weight excluding hydrogens is 308 g/mol. The molecule has 0 saturated carbocycles. The maximum atomic E-state index is 12.2. The van der Waals surface area contributed by atoms with Gasteiger partial charge in [0, 0.05) is 4.88 Å². The molecule has 21 heavy (non-hydrogen) atoms. The molecule has 1 atom stereocenters. The lowest BCUT2D eigenvalue weighted by Gasteiger charge is -2.36. The van der Waals surface area contributed by atoms with Gasteiger partial charge in [-0.2, -0.15) is 4.98 Å². The van der Waals surface area contributed by atoms with E-state index in [-0.39, 0.29) is 17.2 Å². The third kappa shape index (κ3) is 2.73. The molecule has 1 aliphatic heterocycles. The molecule has 0 bridgehead atoms. The summed E-state index contributed by atoms with van der Waals surface area (Å²) in [4.78, 5) is 23.7. The van der Waals surface area contributed by atoms with Gasteiger partial charge in [0.25, 0.3) is 0 Å². The number of nitrogens with one attached hydrogen (secondary N) is 1. The second kappa shape index (κ2) is 5.61. The predicted molar refractivity (Wildman–Crippen MR) is 85.0 cm³/mol. The molecule has 5 nitrogen and oxygen atoms in total. The highest BCUT2D eigenvalue weighted by atomic mass is 35.5. The van der Waals surface area contributed by atoms with Crippen LogP contribution < -0.4 is 10.2 Å². The Kier molecular flexibility index (Phi) is 3.82. The molecular formula is C14H15ClN4OS. The highest BCUT2D eigenvalue weighted by Gasteiger charge is 2.33. The van der Waals surface area contributed by atoms with Crippen LogP contribution in [0.2, 0.25) is 5.28 Å². The zero-order valence-corrected chi connectivity index (χ0v) is 13.3. The van der Waals surface area contributed by atoms with Gasteiger partial charge in [0.2, 0.25) is 11.2 Å². The Balaban J connectivity index is 2.01. The molecule has 3 heterocycles. The molecule has 1 N–H and O–H groups in total. The van der Waals surface area contributed by atoms with E-state index >= 15 is 0 Å². The van der Waals surface area contributed by atoms with E-state index in [1.54, 1.807) is 17.5 Å². The molecule has 0 fully saturated rings. The molecule has 2 aromatic rings. The number of nitrogens with zero attached hydrogens (tertiary/aromatic N) is 3. The van der Waals surface area contributed by atoms with E-state index in [1.807, 2.05) is 11.8 Å². The number of halogens is 1. The molecule has 0 saturated heterocycles. The maximum Gasteiger partial charge on any atom is 0.247 e. The summed E-state index contributed by atoms with van der Waals surface area (Å²) >= 11 is 7.60.